The minimum atomic E-state index is -0.641. The van der Waals surface area contributed by atoms with Crippen molar-refractivity contribution < 1.29 is 4.79 Å². The molecule has 1 amide bonds. The van der Waals surface area contributed by atoms with Gasteiger partial charge in [0.25, 0.3) is 0 Å². The summed E-state index contributed by atoms with van der Waals surface area (Å²) in [6.07, 6.45) is 1.08. The van der Waals surface area contributed by atoms with Gasteiger partial charge in [-0.1, -0.05) is 6.92 Å². The first-order valence-electron chi connectivity index (χ1n) is 5.58. The maximum absolute atomic E-state index is 11.4. The van der Waals surface area contributed by atoms with Gasteiger partial charge in [-0.05, 0) is 40.8 Å². The molecule has 4 nitrogen and oxygen atoms in total. The number of primary amides is 1. The largest absolute Gasteiger partial charge is 0.368 e. The van der Waals surface area contributed by atoms with Gasteiger partial charge in [0.15, 0.2) is 0 Å². The zero-order valence-corrected chi connectivity index (χ0v) is 10.6. The monoisotopic (exact) mass is 215 g/mol. The van der Waals surface area contributed by atoms with Crippen LogP contribution in [0.3, 0.4) is 0 Å². The number of rotatable bonds is 7. The van der Waals surface area contributed by atoms with Gasteiger partial charge >= 0.3 is 0 Å². The van der Waals surface area contributed by atoms with Gasteiger partial charge in [-0.2, -0.15) is 0 Å². The Labute approximate surface area is 93.2 Å². The summed E-state index contributed by atoms with van der Waals surface area (Å²) < 4.78 is 0. The molecule has 15 heavy (non-hydrogen) atoms. The molecule has 0 heterocycles. The predicted molar refractivity (Wildman–Crippen MR) is 63.7 cm³/mol. The SMILES string of the molecule is CCCN(C)CC(C)(NC(C)C)C(N)=O. The van der Waals surface area contributed by atoms with Crippen molar-refractivity contribution in [2.75, 3.05) is 20.1 Å². The fourth-order valence-corrected chi connectivity index (χ4v) is 1.83. The molecule has 0 saturated heterocycles. The number of amides is 1. The van der Waals surface area contributed by atoms with Gasteiger partial charge < -0.3 is 16.0 Å². The molecule has 3 N–H and O–H groups in total. The number of nitrogens with two attached hydrogens (primary N) is 1. The quantitative estimate of drug-likeness (QED) is 0.653. The third-order valence-corrected chi connectivity index (χ3v) is 2.34. The summed E-state index contributed by atoms with van der Waals surface area (Å²) in [6, 6.07) is 0.248. The lowest BCUT2D eigenvalue weighted by Gasteiger charge is -2.33. The Morgan fingerprint density at radius 1 is 1.53 bits per heavy atom. The van der Waals surface area contributed by atoms with E-state index in [0.717, 1.165) is 13.0 Å². The molecular formula is C11H25N3O. The molecule has 0 aromatic rings. The van der Waals surface area contributed by atoms with Crippen LogP contribution in [0.2, 0.25) is 0 Å². The normalized spacial score (nSPS) is 15.7. The highest BCUT2D eigenvalue weighted by atomic mass is 16.1. The van der Waals surface area contributed by atoms with E-state index in [1.54, 1.807) is 0 Å². The summed E-state index contributed by atoms with van der Waals surface area (Å²) in [6.45, 7) is 9.63. The molecule has 0 saturated carbocycles. The number of carbonyl (C=O) groups excluding carboxylic acids is 1. The second-order valence-corrected chi connectivity index (χ2v) is 4.73. The third-order valence-electron chi connectivity index (χ3n) is 2.34. The van der Waals surface area contributed by atoms with Gasteiger partial charge in [0.1, 0.15) is 5.54 Å². The fourth-order valence-electron chi connectivity index (χ4n) is 1.83. The molecule has 0 fully saturated rings. The summed E-state index contributed by atoms with van der Waals surface area (Å²) >= 11 is 0. The highest BCUT2D eigenvalue weighted by molar-refractivity contribution is 5.84. The second kappa shape index (κ2) is 6.08. The average molecular weight is 215 g/mol. The van der Waals surface area contributed by atoms with Crippen molar-refractivity contribution in [2.45, 2.75) is 45.7 Å². The molecule has 1 atom stereocenters. The third kappa shape index (κ3) is 5.14. The van der Waals surface area contributed by atoms with Gasteiger partial charge in [-0.3, -0.25) is 4.79 Å². The van der Waals surface area contributed by atoms with Crippen molar-refractivity contribution in [3.63, 3.8) is 0 Å². The minimum Gasteiger partial charge on any atom is -0.368 e. The molecule has 0 rings (SSSR count). The van der Waals surface area contributed by atoms with Gasteiger partial charge in [0.2, 0.25) is 5.91 Å². The molecular weight excluding hydrogens is 190 g/mol. The molecule has 1 unspecified atom stereocenters. The Bertz CT molecular complexity index is 206. The molecule has 0 aliphatic heterocycles. The Kier molecular flexibility index (Phi) is 5.83. The Balaban J connectivity index is 4.44. The zero-order chi connectivity index (χ0) is 12.1. The number of nitrogens with one attached hydrogen (secondary N) is 1. The minimum absolute atomic E-state index is 0.248. The first-order valence-corrected chi connectivity index (χ1v) is 5.58. The van der Waals surface area contributed by atoms with E-state index in [9.17, 15) is 4.79 Å². The van der Waals surface area contributed by atoms with Crippen LogP contribution in [-0.2, 0) is 4.79 Å². The lowest BCUT2D eigenvalue weighted by molar-refractivity contribution is -0.124. The van der Waals surface area contributed by atoms with E-state index < -0.39 is 5.54 Å². The summed E-state index contributed by atoms with van der Waals surface area (Å²) in [4.78, 5) is 13.6. The van der Waals surface area contributed by atoms with Gasteiger partial charge in [0.05, 0.1) is 0 Å². The van der Waals surface area contributed by atoms with Crippen molar-refractivity contribution in [3.8, 4) is 0 Å². The summed E-state index contributed by atoms with van der Waals surface area (Å²) in [5.41, 5.74) is 4.79. The number of hydrogen-bond donors (Lipinski definition) is 2. The molecule has 0 spiro atoms. The molecule has 0 bridgehead atoms. The summed E-state index contributed by atoms with van der Waals surface area (Å²) in [5, 5.41) is 3.23. The van der Waals surface area contributed by atoms with Gasteiger partial charge in [-0.15, -0.1) is 0 Å². The van der Waals surface area contributed by atoms with Crippen molar-refractivity contribution in [2.24, 2.45) is 5.73 Å². The maximum Gasteiger partial charge on any atom is 0.238 e. The smallest absolute Gasteiger partial charge is 0.238 e. The number of likely N-dealkylation sites (N-methyl/N-ethyl adjacent to an activating group) is 1. The number of hydrogen-bond acceptors (Lipinski definition) is 3. The van der Waals surface area contributed by atoms with Crippen LogP contribution in [0.5, 0.6) is 0 Å². The van der Waals surface area contributed by atoms with Crippen molar-refractivity contribution in [3.05, 3.63) is 0 Å². The predicted octanol–water partition coefficient (Wildman–Crippen LogP) is 0.570. The van der Waals surface area contributed by atoms with Gasteiger partial charge in [0, 0.05) is 12.6 Å². The Hall–Kier alpha value is -0.610. The molecule has 0 aliphatic rings. The number of nitrogens with zero attached hydrogens (tertiary/aromatic N) is 1. The van der Waals surface area contributed by atoms with Crippen molar-refractivity contribution in [1.82, 2.24) is 10.2 Å². The molecule has 90 valence electrons. The first-order chi connectivity index (χ1) is 6.81. The lowest BCUT2D eigenvalue weighted by Crippen LogP contribution is -2.60. The van der Waals surface area contributed by atoms with Crippen LogP contribution in [0.25, 0.3) is 0 Å². The van der Waals surface area contributed by atoms with E-state index in [0.29, 0.717) is 6.54 Å². The average Bonchev–Trinajstić information content (AvgIpc) is 2.01. The molecule has 0 aromatic carbocycles. The molecule has 0 aromatic heterocycles. The van der Waals surface area contributed by atoms with Crippen LogP contribution in [-0.4, -0.2) is 42.5 Å². The summed E-state index contributed by atoms with van der Waals surface area (Å²) in [7, 11) is 2.01. The second-order valence-electron chi connectivity index (χ2n) is 4.73. The van der Waals surface area contributed by atoms with Crippen molar-refractivity contribution in [1.29, 1.82) is 0 Å². The maximum atomic E-state index is 11.4. The first kappa shape index (κ1) is 14.4. The van der Waals surface area contributed by atoms with E-state index >= 15 is 0 Å². The molecule has 4 heteroatoms. The number of carbonyl (C=O) groups is 1. The fraction of sp³-hybridized carbons (Fsp3) is 0.909. The van der Waals surface area contributed by atoms with Crippen LogP contribution >= 0.6 is 0 Å². The van der Waals surface area contributed by atoms with E-state index in [4.69, 9.17) is 5.73 Å². The van der Waals surface area contributed by atoms with Crippen LogP contribution in [0.4, 0.5) is 0 Å². The van der Waals surface area contributed by atoms with Gasteiger partial charge in [-0.25, -0.2) is 0 Å². The standard InChI is InChI=1S/C11H25N3O/c1-6-7-14(5)8-11(4,10(12)15)13-9(2)3/h9,13H,6-8H2,1-5H3,(H2,12,15). The molecule has 0 aliphatic carbocycles. The molecule has 0 radical (unpaired) electrons. The highest BCUT2D eigenvalue weighted by Gasteiger charge is 2.32. The van der Waals surface area contributed by atoms with Crippen LogP contribution in [0, 0.1) is 0 Å². The Morgan fingerprint density at radius 2 is 2.07 bits per heavy atom. The topological polar surface area (TPSA) is 58.4 Å². The van der Waals surface area contributed by atoms with E-state index in [-0.39, 0.29) is 11.9 Å². The van der Waals surface area contributed by atoms with E-state index in [1.165, 1.54) is 0 Å². The zero-order valence-electron chi connectivity index (χ0n) is 10.6. The van der Waals surface area contributed by atoms with E-state index in [1.807, 2.05) is 27.8 Å². The Morgan fingerprint density at radius 3 is 2.40 bits per heavy atom. The highest BCUT2D eigenvalue weighted by Crippen LogP contribution is 2.07. The lowest BCUT2D eigenvalue weighted by atomic mass is 9.99. The van der Waals surface area contributed by atoms with Crippen LogP contribution in [0.15, 0.2) is 0 Å². The van der Waals surface area contributed by atoms with Crippen molar-refractivity contribution >= 4 is 5.91 Å². The van der Waals surface area contributed by atoms with Crippen LogP contribution < -0.4 is 11.1 Å². The summed E-state index contributed by atoms with van der Waals surface area (Å²) in [5.74, 6) is -0.292. The van der Waals surface area contributed by atoms with E-state index in [2.05, 4.69) is 17.1 Å². The van der Waals surface area contributed by atoms with Crippen LogP contribution in [0.1, 0.15) is 34.1 Å².